The number of carboxylic acid groups (broad SMARTS) is 1. The van der Waals surface area contributed by atoms with E-state index in [0.717, 1.165) is 5.56 Å². The summed E-state index contributed by atoms with van der Waals surface area (Å²) < 4.78 is 5.71. The van der Waals surface area contributed by atoms with Gasteiger partial charge in [0.25, 0.3) is 5.91 Å². The summed E-state index contributed by atoms with van der Waals surface area (Å²) in [6.07, 6.45) is -0.0754. The quantitative estimate of drug-likeness (QED) is 0.812. The van der Waals surface area contributed by atoms with Crippen molar-refractivity contribution < 1.29 is 19.4 Å². The van der Waals surface area contributed by atoms with Gasteiger partial charge >= 0.3 is 5.97 Å². The second-order valence-electron chi connectivity index (χ2n) is 4.98. The van der Waals surface area contributed by atoms with Crippen molar-refractivity contribution in [3.63, 3.8) is 0 Å². The standard InChI is InChI=1S/C16H18N2O4S/c1-3-13(22-11-6-4-5-10(2)7-11)15(19)17-8-14-18-12(9-23-14)16(20)21/h4-7,9,13H,3,8H2,1-2H3,(H,17,19)(H,20,21). The van der Waals surface area contributed by atoms with Gasteiger partial charge in [0, 0.05) is 5.38 Å². The second kappa shape index (κ2) is 7.73. The number of carboxylic acids is 1. The van der Waals surface area contributed by atoms with Crippen molar-refractivity contribution in [2.75, 3.05) is 0 Å². The second-order valence-corrected chi connectivity index (χ2v) is 5.92. The number of ether oxygens (including phenoxy) is 1. The molecule has 0 aliphatic heterocycles. The van der Waals surface area contributed by atoms with E-state index < -0.39 is 12.1 Å². The summed E-state index contributed by atoms with van der Waals surface area (Å²) in [5.74, 6) is -0.677. The minimum Gasteiger partial charge on any atom is -0.481 e. The molecule has 7 heteroatoms. The Labute approximate surface area is 138 Å². The zero-order valence-electron chi connectivity index (χ0n) is 12.9. The Kier molecular flexibility index (Phi) is 5.70. The smallest absolute Gasteiger partial charge is 0.355 e. The number of amides is 1. The Balaban J connectivity index is 1.92. The molecule has 0 radical (unpaired) electrons. The Bertz CT molecular complexity index is 699. The van der Waals surface area contributed by atoms with Crippen molar-refractivity contribution in [2.24, 2.45) is 0 Å². The molecule has 1 heterocycles. The number of nitrogens with one attached hydrogen (secondary N) is 1. The van der Waals surface area contributed by atoms with Gasteiger partial charge in [0.2, 0.25) is 0 Å². The van der Waals surface area contributed by atoms with E-state index in [1.54, 1.807) is 0 Å². The van der Waals surface area contributed by atoms with Crippen LogP contribution in [0.2, 0.25) is 0 Å². The van der Waals surface area contributed by atoms with Gasteiger partial charge < -0.3 is 15.2 Å². The molecule has 1 aromatic carbocycles. The summed E-state index contributed by atoms with van der Waals surface area (Å²) >= 11 is 1.20. The molecule has 2 N–H and O–H groups in total. The van der Waals surface area contributed by atoms with Gasteiger partial charge in [-0.05, 0) is 31.0 Å². The first-order valence-electron chi connectivity index (χ1n) is 7.18. The van der Waals surface area contributed by atoms with Gasteiger partial charge in [-0.2, -0.15) is 0 Å². The van der Waals surface area contributed by atoms with Crippen LogP contribution in [0.3, 0.4) is 0 Å². The molecule has 1 aromatic heterocycles. The fourth-order valence-electron chi connectivity index (χ4n) is 1.94. The van der Waals surface area contributed by atoms with E-state index in [1.165, 1.54) is 16.7 Å². The van der Waals surface area contributed by atoms with Crippen LogP contribution in [0, 0.1) is 6.92 Å². The van der Waals surface area contributed by atoms with E-state index >= 15 is 0 Å². The number of rotatable bonds is 7. The molecular formula is C16H18N2O4S. The van der Waals surface area contributed by atoms with Crippen molar-refractivity contribution in [1.82, 2.24) is 10.3 Å². The van der Waals surface area contributed by atoms with Gasteiger partial charge in [-0.1, -0.05) is 19.1 Å². The van der Waals surface area contributed by atoms with E-state index in [4.69, 9.17) is 9.84 Å². The minimum atomic E-state index is -1.08. The third-order valence-corrected chi connectivity index (χ3v) is 3.96. The Hall–Kier alpha value is -2.41. The Morgan fingerprint density at radius 3 is 2.83 bits per heavy atom. The number of aryl methyl sites for hydroxylation is 1. The molecule has 2 rings (SSSR count). The lowest BCUT2D eigenvalue weighted by atomic mass is 10.2. The fourth-order valence-corrected chi connectivity index (χ4v) is 2.65. The van der Waals surface area contributed by atoms with E-state index in [2.05, 4.69) is 10.3 Å². The topological polar surface area (TPSA) is 88.5 Å². The Morgan fingerprint density at radius 1 is 1.43 bits per heavy atom. The van der Waals surface area contributed by atoms with E-state index in [-0.39, 0.29) is 18.1 Å². The predicted molar refractivity (Wildman–Crippen MR) is 86.8 cm³/mol. The molecule has 1 unspecified atom stereocenters. The molecule has 0 spiro atoms. The van der Waals surface area contributed by atoms with E-state index in [0.29, 0.717) is 17.2 Å². The molecule has 1 amide bonds. The molecule has 23 heavy (non-hydrogen) atoms. The first-order valence-corrected chi connectivity index (χ1v) is 8.06. The number of nitrogens with zero attached hydrogens (tertiary/aromatic N) is 1. The normalized spacial score (nSPS) is 11.7. The van der Waals surface area contributed by atoms with Gasteiger partial charge in [0.05, 0.1) is 6.54 Å². The molecule has 122 valence electrons. The van der Waals surface area contributed by atoms with Crippen molar-refractivity contribution >= 4 is 23.2 Å². The maximum Gasteiger partial charge on any atom is 0.355 e. The largest absolute Gasteiger partial charge is 0.481 e. The summed E-state index contributed by atoms with van der Waals surface area (Å²) in [5.41, 5.74) is 1.05. The highest BCUT2D eigenvalue weighted by atomic mass is 32.1. The van der Waals surface area contributed by atoms with Crippen molar-refractivity contribution in [1.29, 1.82) is 0 Å². The first-order chi connectivity index (χ1) is 11.0. The highest BCUT2D eigenvalue weighted by Crippen LogP contribution is 2.16. The summed E-state index contributed by atoms with van der Waals surface area (Å²) in [5, 5.41) is 13.5. The SMILES string of the molecule is CCC(Oc1cccc(C)c1)C(=O)NCc1nc(C(=O)O)cs1. The average molecular weight is 334 g/mol. The van der Waals surface area contributed by atoms with Crippen molar-refractivity contribution in [3.05, 3.63) is 45.9 Å². The molecule has 0 fully saturated rings. The van der Waals surface area contributed by atoms with Crippen LogP contribution < -0.4 is 10.1 Å². The molecule has 0 saturated heterocycles. The summed E-state index contributed by atoms with van der Waals surface area (Å²) in [7, 11) is 0. The number of benzene rings is 1. The number of hydrogen-bond acceptors (Lipinski definition) is 5. The Morgan fingerprint density at radius 2 is 2.22 bits per heavy atom. The zero-order chi connectivity index (χ0) is 16.8. The van der Waals surface area contributed by atoms with Crippen LogP contribution in [0.5, 0.6) is 5.75 Å². The molecule has 6 nitrogen and oxygen atoms in total. The summed E-state index contributed by atoms with van der Waals surface area (Å²) in [4.78, 5) is 26.9. The van der Waals surface area contributed by atoms with Crippen molar-refractivity contribution in [3.8, 4) is 5.75 Å². The fraction of sp³-hybridized carbons (Fsp3) is 0.312. The molecule has 0 aliphatic carbocycles. The van der Waals surface area contributed by atoms with E-state index in [1.807, 2.05) is 38.1 Å². The monoisotopic (exact) mass is 334 g/mol. The average Bonchev–Trinajstić information content (AvgIpc) is 2.99. The predicted octanol–water partition coefficient (Wildman–Crippen LogP) is 2.62. The number of thiazole rings is 1. The molecule has 0 bridgehead atoms. The number of hydrogen-bond donors (Lipinski definition) is 2. The molecule has 1 atom stereocenters. The van der Waals surface area contributed by atoms with Gasteiger partial charge in [0.15, 0.2) is 11.8 Å². The molecule has 0 saturated carbocycles. The van der Waals surface area contributed by atoms with Crippen molar-refractivity contribution in [2.45, 2.75) is 32.9 Å². The molecule has 0 aliphatic rings. The van der Waals surface area contributed by atoms with Crippen LogP contribution in [0.4, 0.5) is 0 Å². The number of carbonyl (C=O) groups is 2. The maximum atomic E-state index is 12.2. The van der Waals surface area contributed by atoms with Crippen LogP contribution in [0.25, 0.3) is 0 Å². The summed E-state index contributed by atoms with van der Waals surface area (Å²) in [6.45, 7) is 4.01. The number of aromatic carboxylic acids is 1. The molecule has 2 aromatic rings. The highest BCUT2D eigenvalue weighted by molar-refractivity contribution is 7.09. The van der Waals surface area contributed by atoms with Gasteiger partial charge in [-0.25, -0.2) is 9.78 Å². The zero-order valence-corrected chi connectivity index (χ0v) is 13.7. The molecular weight excluding hydrogens is 316 g/mol. The third kappa shape index (κ3) is 4.79. The van der Waals surface area contributed by atoms with Crippen LogP contribution in [0.1, 0.15) is 34.4 Å². The minimum absolute atomic E-state index is 0.0118. The van der Waals surface area contributed by atoms with E-state index in [9.17, 15) is 9.59 Å². The van der Waals surface area contributed by atoms with Crippen LogP contribution in [0.15, 0.2) is 29.6 Å². The highest BCUT2D eigenvalue weighted by Gasteiger charge is 2.19. The number of aromatic nitrogens is 1. The van der Waals surface area contributed by atoms with Crippen LogP contribution >= 0.6 is 11.3 Å². The first kappa shape index (κ1) is 17.0. The summed E-state index contributed by atoms with van der Waals surface area (Å²) in [6, 6.07) is 7.51. The maximum absolute atomic E-state index is 12.2. The lowest BCUT2D eigenvalue weighted by Gasteiger charge is -2.17. The third-order valence-electron chi connectivity index (χ3n) is 3.12. The van der Waals surface area contributed by atoms with Crippen LogP contribution in [-0.4, -0.2) is 28.1 Å². The number of carbonyl (C=O) groups excluding carboxylic acids is 1. The van der Waals surface area contributed by atoms with Gasteiger partial charge in [-0.15, -0.1) is 11.3 Å². The van der Waals surface area contributed by atoms with Gasteiger partial charge in [-0.3, -0.25) is 4.79 Å². The van der Waals surface area contributed by atoms with Crippen LogP contribution in [-0.2, 0) is 11.3 Å². The van der Waals surface area contributed by atoms with Gasteiger partial charge in [0.1, 0.15) is 10.8 Å². The lowest BCUT2D eigenvalue weighted by molar-refractivity contribution is -0.128. The lowest BCUT2D eigenvalue weighted by Crippen LogP contribution is -2.37.